The third-order valence-electron chi connectivity index (χ3n) is 3.40. The molecule has 104 valence electrons. The number of benzene rings is 2. The number of amides is 1. The Morgan fingerprint density at radius 1 is 1.20 bits per heavy atom. The molecule has 0 radical (unpaired) electrons. The van der Waals surface area contributed by atoms with Crippen LogP contribution in [0.4, 0.5) is 5.69 Å². The zero-order valence-electron chi connectivity index (χ0n) is 11.3. The van der Waals surface area contributed by atoms with E-state index in [0.717, 1.165) is 15.7 Å². The Hall–Kier alpha value is -1.81. The highest BCUT2D eigenvalue weighted by Crippen LogP contribution is 2.30. The SMILES string of the molecule is CCC(Nc1cccc(Br)c1)(C(N)=O)c1ccccc1. The van der Waals surface area contributed by atoms with Crippen molar-refractivity contribution in [3.05, 3.63) is 64.6 Å². The van der Waals surface area contributed by atoms with Gasteiger partial charge in [0.1, 0.15) is 5.54 Å². The highest BCUT2D eigenvalue weighted by Gasteiger charge is 2.36. The maximum absolute atomic E-state index is 12.1. The number of nitrogens with one attached hydrogen (secondary N) is 1. The lowest BCUT2D eigenvalue weighted by molar-refractivity contribution is -0.122. The molecular weight excluding hydrogens is 316 g/mol. The van der Waals surface area contributed by atoms with Gasteiger partial charge in [-0.1, -0.05) is 59.3 Å². The lowest BCUT2D eigenvalue weighted by Gasteiger charge is -2.32. The van der Waals surface area contributed by atoms with Crippen LogP contribution in [0.15, 0.2) is 59.1 Å². The highest BCUT2D eigenvalue weighted by molar-refractivity contribution is 9.10. The first-order valence-electron chi connectivity index (χ1n) is 6.47. The molecule has 0 fully saturated rings. The van der Waals surface area contributed by atoms with Crippen molar-refractivity contribution in [3.8, 4) is 0 Å². The Bertz CT molecular complexity index is 600. The Morgan fingerprint density at radius 3 is 2.45 bits per heavy atom. The van der Waals surface area contributed by atoms with E-state index >= 15 is 0 Å². The van der Waals surface area contributed by atoms with Crippen molar-refractivity contribution >= 4 is 27.5 Å². The zero-order chi connectivity index (χ0) is 14.6. The lowest BCUT2D eigenvalue weighted by Crippen LogP contribution is -2.47. The molecule has 20 heavy (non-hydrogen) atoms. The van der Waals surface area contributed by atoms with E-state index in [0.29, 0.717) is 6.42 Å². The molecule has 0 aromatic heterocycles. The zero-order valence-corrected chi connectivity index (χ0v) is 12.9. The molecule has 2 rings (SSSR count). The minimum atomic E-state index is -0.901. The minimum absolute atomic E-state index is 0.383. The Kier molecular flexibility index (Phi) is 4.45. The first-order valence-corrected chi connectivity index (χ1v) is 7.27. The van der Waals surface area contributed by atoms with Gasteiger partial charge in [0.05, 0.1) is 0 Å². The van der Waals surface area contributed by atoms with E-state index in [1.165, 1.54) is 0 Å². The van der Waals surface area contributed by atoms with Gasteiger partial charge in [-0.15, -0.1) is 0 Å². The predicted octanol–water partition coefficient (Wildman–Crippen LogP) is 3.65. The number of hydrogen-bond acceptors (Lipinski definition) is 2. The summed E-state index contributed by atoms with van der Waals surface area (Å²) in [5, 5.41) is 3.29. The number of nitrogens with two attached hydrogens (primary N) is 1. The van der Waals surface area contributed by atoms with Crippen LogP contribution in [-0.2, 0) is 10.3 Å². The second-order valence-electron chi connectivity index (χ2n) is 4.62. The van der Waals surface area contributed by atoms with E-state index < -0.39 is 5.54 Å². The number of rotatable bonds is 5. The second kappa shape index (κ2) is 6.09. The Labute approximate surface area is 127 Å². The van der Waals surface area contributed by atoms with Gasteiger partial charge in [-0.25, -0.2) is 0 Å². The summed E-state index contributed by atoms with van der Waals surface area (Å²) >= 11 is 3.43. The van der Waals surface area contributed by atoms with Gasteiger partial charge in [0, 0.05) is 10.2 Å². The maximum atomic E-state index is 12.1. The molecule has 0 aliphatic heterocycles. The third-order valence-corrected chi connectivity index (χ3v) is 3.89. The van der Waals surface area contributed by atoms with E-state index in [4.69, 9.17) is 5.73 Å². The van der Waals surface area contributed by atoms with Gasteiger partial charge < -0.3 is 11.1 Å². The number of halogens is 1. The molecule has 3 nitrogen and oxygen atoms in total. The molecule has 2 aromatic carbocycles. The average Bonchev–Trinajstić information content (AvgIpc) is 2.45. The quantitative estimate of drug-likeness (QED) is 0.877. The minimum Gasteiger partial charge on any atom is -0.368 e. The molecule has 0 aliphatic rings. The number of anilines is 1. The summed E-state index contributed by atoms with van der Waals surface area (Å²) in [5.41, 5.74) is 6.51. The number of carbonyl (C=O) groups excluding carboxylic acids is 1. The fourth-order valence-corrected chi connectivity index (χ4v) is 2.68. The lowest BCUT2D eigenvalue weighted by atomic mass is 9.86. The van der Waals surface area contributed by atoms with Crippen molar-refractivity contribution in [1.29, 1.82) is 0 Å². The van der Waals surface area contributed by atoms with E-state index in [1.54, 1.807) is 0 Å². The molecule has 0 saturated carbocycles. The van der Waals surface area contributed by atoms with Crippen molar-refractivity contribution < 1.29 is 4.79 Å². The summed E-state index contributed by atoms with van der Waals surface area (Å²) in [4.78, 5) is 12.1. The molecule has 0 heterocycles. The van der Waals surface area contributed by atoms with Gasteiger partial charge in [-0.05, 0) is 30.2 Å². The molecule has 0 bridgehead atoms. The van der Waals surface area contributed by atoms with Crippen molar-refractivity contribution in [2.75, 3.05) is 5.32 Å². The van der Waals surface area contributed by atoms with Crippen LogP contribution in [0, 0.1) is 0 Å². The van der Waals surface area contributed by atoms with Crippen molar-refractivity contribution in [2.24, 2.45) is 5.73 Å². The number of hydrogen-bond donors (Lipinski definition) is 2. The fraction of sp³-hybridized carbons (Fsp3) is 0.188. The molecule has 1 unspecified atom stereocenters. The molecular formula is C16H17BrN2O. The maximum Gasteiger partial charge on any atom is 0.247 e. The molecule has 0 saturated heterocycles. The summed E-state index contributed by atoms with van der Waals surface area (Å²) in [6.45, 7) is 1.95. The summed E-state index contributed by atoms with van der Waals surface area (Å²) in [5.74, 6) is -0.383. The molecule has 2 aromatic rings. The van der Waals surface area contributed by atoms with Crippen molar-refractivity contribution in [2.45, 2.75) is 18.9 Å². The summed E-state index contributed by atoms with van der Waals surface area (Å²) in [7, 11) is 0. The fourth-order valence-electron chi connectivity index (χ4n) is 2.28. The molecule has 4 heteroatoms. The van der Waals surface area contributed by atoms with E-state index in [2.05, 4.69) is 21.2 Å². The molecule has 1 atom stereocenters. The molecule has 0 aliphatic carbocycles. The standard InChI is InChI=1S/C16H17BrN2O/c1-2-16(15(18)20,12-7-4-3-5-8-12)19-14-10-6-9-13(17)11-14/h3-11,19H,2H2,1H3,(H2,18,20). The van der Waals surface area contributed by atoms with Crippen LogP contribution in [0.3, 0.4) is 0 Å². The Balaban J connectivity index is 2.45. The predicted molar refractivity (Wildman–Crippen MR) is 85.4 cm³/mol. The van der Waals surface area contributed by atoms with Crippen LogP contribution in [0.25, 0.3) is 0 Å². The van der Waals surface area contributed by atoms with Crippen LogP contribution in [0.5, 0.6) is 0 Å². The van der Waals surface area contributed by atoms with Crippen LogP contribution < -0.4 is 11.1 Å². The number of carbonyl (C=O) groups is 1. The van der Waals surface area contributed by atoms with Gasteiger partial charge in [0.25, 0.3) is 0 Å². The monoisotopic (exact) mass is 332 g/mol. The molecule has 0 spiro atoms. The van der Waals surface area contributed by atoms with E-state index in [-0.39, 0.29) is 5.91 Å². The third kappa shape index (κ3) is 2.85. The summed E-state index contributed by atoms with van der Waals surface area (Å²) in [6, 6.07) is 17.3. The first-order chi connectivity index (χ1) is 9.58. The van der Waals surface area contributed by atoms with E-state index in [1.807, 2.05) is 61.5 Å². The summed E-state index contributed by atoms with van der Waals surface area (Å²) in [6.07, 6.45) is 0.568. The molecule has 3 N–H and O–H groups in total. The number of primary amides is 1. The van der Waals surface area contributed by atoms with Gasteiger partial charge in [-0.3, -0.25) is 4.79 Å². The van der Waals surface area contributed by atoms with Crippen LogP contribution in [0.2, 0.25) is 0 Å². The van der Waals surface area contributed by atoms with Gasteiger partial charge in [0.15, 0.2) is 0 Å². The highest BCUT2D eigenvalue weighted by atomic mass is 79.9. The second-order valence-corrected chi connectivity index (χ2v) is 5.54. The van der Waals surface area contributed by atoms with Crippen molar-refractivity contribution in [3.63, 3.8) is 0 Å². The Morgan fingerprint density at radius 2 is 1.90 bits per heavy atom. The largest absolute Gasteiger partial charge is 0.368 e. The van der Waals surface area contributed by atoms with Crippen molar-refractivity contribution in [1.82, 2.24) is 0 Å². The van der Waals surface area contributed by atoms with Crippen LogP contribution in [0.1, 0.15) is 18.9 Å². The van der Waals surface area contributed by atoms with Gasteiger partial charge >= 0.3 is 0 Å². The normalized spacial score (nSPS) is 13.5. The summed E-state index contributed by atoms with van der Waals surface area (Å²) < 4.78 is 0.949. The van der Waals surface area contributed by atoms with Crippen LogP contribution in [-0.4, -0.2) is 5.91 Å². The molecule has 1 amide bonds. The smallest absolute Gasteiger partial charge is 0.247 e. The van der Waals surface area contributed by atoms with Gasteiger partial charge in [0.2, 0.25) is 5.91 Å². The van der Waals surface area contributed by atoms with Gasteiger partial charge in [-0.2, -0.15) is 0 Å². The first kappa shape index (κ1) is 14.6. The topological polar surface area (TPSA) is 55.1 Å². The van der Waals surface area contributed by atoms with E-state index in [9.17, 15) is 4.79 Å². The van der Waals surface area contributed by atoms with Crippen LogP contribution >= 0.6 is 15.9 Å². The average molecular weight is 333 g/mol.